The highest BCUT2D eigenvalue weighted by Crippen LogP contribution is 2.25. The largest absolute Gasteiger partial charge is 0.493 e. The maximum atomic E-state index is 10.4. The van der Waals surface area contributed by atoms with Crippen LogP contribution in [0.3, 0.4) is 0 Å². The number of fused-ring (bicyclic) bond motifs is 1. The average molecular weight is 221 g/mol. The summed E-state index contributed by atoms with van der Waals surface area (Å²) in [6.07, 6.45) is 0.987. The Labute approximate surface area is 94.2 Å². The predicted molar refractivity (Wildman–Crippen MR) is 59.6 cm³/mol. The van der Waals surface area contributed by atoms with Crippen molar-refractivity contribution >= 4 is 5.97 Å². The molecular weight excluding hydrogens is 206 g/mol. The summed E-state index contributed by atoms with van der Waals surface area (Å²) < 4.78 is 5.51. The molecule has 0 saturated heterocycles. The highest BCUT2D eigenvalue weighted by Gasteiger charge is 2.13. The predicted octanol–water partition coefficient (Wildman–Crippen LogP) is 1.19. The standard InChI is InChI=1S/C12H15NO3/c14-12(15)5-7-16-11-3-1-2-9-8-13-6-4-10(9)11/h1-3,13H,4-8H2,(H,14,15). The molecule has 0 bridgehead atoms. The number of carbonyl (C=O) groups is 1. The van der Waals surface area contributed by atoms with Crippen LogP contribution in [-0.4, -0.2) is 24.2 Å². The second-order valence-corrected chi connectivity index (χ2v) is 3.81. The van der Waals surface area contributed by atoms with Gasteiger partial charge in [-0.3, -0.25) is 4.79 Å². The van der Waals surface area contributed by atoms with Gasteiger partial charge in [0.25, 0.3) is 0 Å². The third-order valence-corrected chi connectivity index (χ3v) is 2.67. The molecule has 1 aromatic rings. The molecule has 1 aromatic carbocycles. The lowest BCUT2D eigenvalue weighted by atomic mass is 10.0. The molecule has 16 heavy (non-hydrogen) atoms. The van der Waals surface area contributed by atoms with Crippen molar-refractivity contribution < 1.29 is 14.6 Å². The Kier molecular flexibility index (Phi) is 3.41. The van der Waals surface area contributed by atoms with Gasteiger partial charge < -0.3 is 15.2 Å². The molecular formula is C12H15NO3. The lowest BCUT2D eigenvalue weighted by Crippen LogP contribution is -2.24. The van der Waals surface area contributed by atoms with E-state index in [1.165, 1.54) is 11.1 Å². The van der Waals surface area contributed by atoms with Crippen LogP contribution in [0.1, 0.15) is 17.5 Å². The Hall–Kier alpha value is -1.55. The summed E-state index contributed by atoms with van der Waals surface area (Å²) in [7, 11) is 0. The first-order chi connectivity index (χ1) is 7.77. The third kappa shape index (κ3) is 2.52. The first-order valence-corrected chi connectivity index (χ1v) is 5.43. The second kappa shape index (κ2) is 4.99. The molecule has 2 rings (SSSR count). The first kappa shape index (κ1) is 11.0. The van der Waals surface area contributed by atoms with E-state index >= 15 is 0 Å². The molecule has 0 unspecified atom stereocenters. The minimum Gasteiger partial charge on any atom is -0.493 e. The van der Waals surface area contributed by atoms with E-state index in [0.29, 0.717) is 0 Å². The molecule has 2 N–H and O–H groups in total. The summed E-state index contributed by atoms with van der Waals surface area (Å²) in [5.74, 6) is 0.00622. The molecule has 86 valence electrons. The van der Waals surface area contributed by atoms with Crippen molar-refractivity contribution in [1.29, 1.82) is 0 Å². The third-order valence-electron chi connectivity index (χ3n) is 2.67. The van der Waals surface area contributed by atoms with E-state index in [1.54, 1.807) is 0 Å². The summed E-state index contributed by atoms with van der Waals surface area (Å²) in [6, 6.07) is 5.93. The Bertz CT molecular complexity index is 390. The van der Waals surface area contributed by atoms with Crippen LogP contribution >= 0.6 is 0 Å². The molecule has 0 saturated carbocycles. The summed E-state index contributed by atoms with van der Waals surface area (Å²) >= 11 is 0. The number of benzene rings is 1. The number of hydrogen-bond acceptors (Lipinski definition) is 3. The molecule has 4 nitrogen and oxygen atoms in total. The molecule has 4 heteroatoms. The molecule has 1 heterocycles. The van der Waals surface area contributed by atoms with Crippen molar-refractivity contribution in [2.24, 2.45) is 0 Å². The Balaban J connectivity index is 2.05. The summed E-state index contributed by atoms with van der Waals surface area (Å²) in [5, 5.41) is 11.8. The number of rotatable bonds is 4. The molecule has 1 aliphatic rings. The number of hydrogen-bond donors (Lipinski definition) is 2. The number of carboxylic acids is 1. The highest BCUT2D eigenvalue weighted by atomic mass is 16.5. The molecule has 0 aliphatic carbocycles. The lowest BCUT2D eigenvalue weighted by molar-refractivity contribution is -0.137. The molecule has 0 fully saturated rings. The van der Waals surface area contributed by atoms with E-state index in [9.17, 15) is 4.79 Å². The maximum absolute atomic E-state index is 10.4. The van der Waals surface area contributed by atoms with E-state index < -0.39 is 5.97 Å². The fourth-order valence-corrected chi connectivity index (χ4v) is 1.88. The van der Waals surface area contributed by atoms with Crippen molar-refractivity contribution in [2.45, 2.75) is 19.4 Å². The second-order valence-electron chi connectivity index (χ2n) is 3.81. The molecule has 0 amide bonds. The van der Waals surface area contributed by atoms with Crippen molar-refractivity contribution in [3.63, 3.8) is 0 Å². The average Bonchev–Trinajstić information content (AvgIpc) is 2.29. The van der Waals surface area contributed by atoms with Gasteiger partial charge in [-0.15, -0.1) is 0 Å². The maximum Gasteiger partial charge on any atom is 0.306 e. The van der Waals surface area contributed by atoms with E-state index in [4.69, 9.17) is 9.84 Å². The summed E-state index contributed by atoms with van der Waals surface area (Å²) in [5.41, 5.74) is 2.46. The molecule has 1 aliphatic heterocycles. The molecule has 0 radical (unpaired) electrons. The van der Waals surface area contributed by atoms with Gasteiger partial charge in [0.05, 0.1) is 13.0 Å². The van der Waals surface area contributed by atoms with Crippen LogP contribution in [0.4, 0.5) is 0 Å². The van der Waals surface area contributed by atoms with Crippen LogP contribution in [0.15, 0.2) is 18.2 Å². The Morgan fingerprint density at radius 2 is 2.38 bits per heavy atom. The number of nitrogens with one attached hydrogen (secondary N) is 1. The zero-order valence-electron chi connectivity index (χ0n) is 9.03. The smallest absolute Gasteiger partial charge is 0.306 e. The van der Waals surface area contributed by atoms with Crippen LogP contribution in [0, 0.1) is 0 Å². The quantitative estimate of drug-likeness (QED) is 0.801. The lowest BCUT2D eigenvalue weighted by Gasteiger charge is -2.20. The van der Waals surface area contributed by atoms with Gasteiger partial charge in [-0.1, -0.05) is 12.1 Å². The minimum atomic E-state index is -0.827. The van der Waals surface area contributed by atoms with Crippen LogP contribution < -0.4 is 10.1 Å². The van der Waals surface area contributed by atoms with E-state index in [2.05, 4.69) is 11.4 Å². The monoisotopic (exact) mass is 221 g/mol. The van der Waals surface area contributed by atoms with E-state index in [0.717, 1.165) is 25.3 Å². The van der Waals surface area contributed by atoms with Crippen LogP contribution in [0.2, 0.25) is 0 Å². The van der Waals surface area contributed by atoms with Gasteiger partial charge in [-0.2, -0.15) is 0 Å². The van der Waals surface area contributed by atoms with Crippen LogP contribution in [-0.2, 0) is 17.8 Å². The van der Waals surface area contributed by atoms with Gasteiger partial charge in [-0.05, 0) is 30.2 Å². The van der Waals surface area contributed by atoms with Gasteiger partial charge in [0.15, 0.2) is 0 Å². The van der Waals surface area contributed by atoms with Crippen LogP contribution in [0.5, 0.6) is 5.75 Å². The van der Waals surface area contributed by atoms with Gasteiger partial charge in [0.1, 0.15) is 5.75 Å². The van der Waals surface area contributed by atoms with Crippen molar-refractivity contribution in [3.8, 4) is 5.75 Å². The normalized spacial score (nSPS) is 14.2. The Morgan fingerprint density at radius 1 is 1.50 bits per heavy atom. The number of carboxylic acid groups (broad SMARTS) is 1. The number of aliphatic carboxylic acids is 1. The zero-order chi connectivity index (χ0) is 11.4. The van der Waals surface area contributed by atoms with Crippen molar-refractivity contribution in [3.05, 3.63) is 29.3 Å². The highest BCUT2D eigenvalue weighted by molar-refractivity contribution is 5.66. The fraction of sp³-hybridized carbons (Fsp3) is 0.417. The summed E-state index contributed by atoms with van der Waals surface area (Å²) in [6.45, 7) is 2.05. The van der Waals surface area contributed by atoms with E-state index in [-0.39, 0.29) is 13.0 Å². The van der Waals surface area contributed by atoms with Crippen molar-refractivity contribution in [2.75, 3.05) is 13.2 Å². The van der Waals surface area contributed by atoms with Crippen LogP contribution in [0.25, 0.3) is 0 Å². The molecule has 0 aromatic heterocycles. The van der Waals surface area contributed by atoms with Gasteiger partial charge in [0, 0.05) is 6.54 Å². The molecule has 0 atom stereocenters. The van der Waals surface area contributed by atoms with Gasteiger partial charge in [-0.25, -0.2) is 0 Å². The Morgan fingerprint density at radius 3 is 3.19 bits per heavy atom. The minimum absolute atomic E-state index is 0.0436. The first-order valence-electron chi connectivity index (χ1n) is 5.43. The zero-order valence-corrected chi connectivity index (χ0v) is 9.03. The van der Waals surface area contributed by atoms with E-state index in [1.807, 2.05) is 12.1 Å². The number of ether oxygens (including phenoxy) is 1. The summed E-state index contributed by atoms with van der Waals surface area (Å²) in [4.78, 5) is 10.4. The SMILES string of the molecule is O=C(O)CCOc1cccc2c1CCNC2. The van der Waals surface area contributed by atoms with Gasteiger partial charge >= 0.3 is 5.97 Å². The van der Waals surface area contributed by atoms with Gasteiger partial charge in [0.2, 0.25) is 0 Å². The van der Waals surface area contributed by atoms with Crippen molar-refractivity contribution in [1.82, 2.24) is 5.32 Å². The fourth-order valence-electron chi connectivity index (χ4n) is 1.88. The molecule has 0 spiro atoms. The topological polar surface area (TPSA) is 58.6 Å².